The van der Waals surface area contributed by atoms with Gasteiger partial charge >= 0.3 is 0 Å². The standard InChI is InChI=1S/C14H21N3O2/c1-10-8-17(11(2)9-16(3)4)19-14-12(13(10)18)6-5-7-15-14/h5-7,10-11H,8-9H2,1-4H3. The highest BCUT2D eigenvalue weighted by Crippen LogP contribution is 2.25. The maximum absolute atomic E-state index is 12.3. The van der Waals surface area contributed by atoms with Gasteiger partial charge < -0.3 is 9.74 Å². The number of nitrogens with zero attached hydrogens (tertiary/aromatic N) is 3. The minimum absolute atomic E-state index is 0.0879. The minimum Gasteiger partial charge on any atom is -0.385 e. The number of aromatic nitrogens is 1. The number of ketones is 1. The quantitative estimate of drug-likeness (QED) is 0.826. The lowest BCUT2D eigenvalue weighted by atomic mass is 10.0. The number of hydrogen-bond donors (Lipinski definition) is 0. The Morgan fingerprint density at radius 1 is 1.58 bits per heavy atom. The molecule has 5 nitrogen and oxygen atoms in total. The summed E-state index contributed by atoms with van der Waals surface area (Å²) in [5.74, 6) is 0.431. The summed E-state index contributed by atoms with van der Waals surface area (Å²) in [6.07, 6.45) is 1.65. The maximum atomic E-state index is 12.3. The number of carbonyl (C=O) groups excluding carboxylic acids is 1. The lowest BCUT2D eigenvalue weighted by Crippen LogP contribution is -2.44. The number of rotatable bonds is 3. The molecule has 5 heteroatoms. The van der Waals surface area contributed by atoms with Crippen LogP contribution in [0.1, 0.15) is 24.2 Å². The Labute approximate surface area is 114 Å². The molecule has 0 aliphatic carbocycles. The molecule has 0 aromatic carbocycles. The molecule has 0 saturated heterocycles. The number of carbonyl (C=O) groups is 1. The zero-order chi connectivity index (χ0) is 14.0. The van der Waals surface area contributed by atoms with Crippen molar-refractivity contribution >= 4 is 5.78 Å². The van der Waals surface area contributed by atoms with Crippen LogP contribution in [0, 0.1) is 5.92 Å². The first-order valence-electron chi connectivity index (χ1n) is 6.57. The summed E-state index contributed by atoms with van der Waals surface area (Å²) in [5, 5.41) is 1.86. The van der Waals surface area contributed by atoms with Gasteiger partial charge in [-0.2, -0.15) is 0 Å². The van der Waals surface area contributed by atoms with Crippen molar-refractivity contribution in [3.05, 3.63) is 23.9 Å². The second-order valence-corrected chi connectivity index (χ2v) is 5.42. The van der Waals surface area contributed by atoms with Crippen LogP contribution in [0.3, 0.4) is 0 Å². The van der Waals surface area contributed by atoms with Crippen molar-refractivity contribution in [1.82, 2.24) is 14.9 Å². The number of hydrogen-bond acceptors (Lipinski definition) is 5. The summed E-state index contributed by atoms with van der Waals surface area (Å²) in [6, 6.07) is 3.74. The Morgan fingerprint density at radius 3 is 3.00 bits per heavy atom. The number of fused-ring (bicyclic) bond motifs is 1. The monoisotopic (exact) mass is 263 g/mol. The van der Waals surface area contributed by atoms with Gasteiger partial charge in [0.05, 0.1) is 11.6 Å². The second-order valence-electron chi connectivity index (χ2n) is 5.42. The third-order valence-electron chi connectivity index (χ3n) is 3.26. The first kappa shape index (κ1) is 14.0. The summed E-state index contributed by atoms with van der Waals surface area (Å²) in [7, 11) is 4.05. The fourth-order valence-electron chi connectivity index (χ4n) is 2.31. The van der Waals surface area contributed by atoms with Gasteiger partial charge in [0.2, 0.25) is 5.88 Å². The molecule has 0 fully saturated rings. The zero-order valence-electron chi connectivity index (χ0n) is 12.0. The molecular formula is C14H21N3O2. The van der Waals surface area contributed by atoms with E-state index in [2.05, 4.69) is 16.8 Å². The summed E-state index contributed by atoms with van der Waals surface area (Å²) >= 11 is 0. The Bertz CT molecular complexity index is 462. The lowest BCUT2D eigenvalue weighted by molar-refractivity contribution is -0.101. The van der Waals surface area contributed by atoms with Gasteiger partial charge in [-0.15, -0.1) is 5.06 Å². The highest BCUT2D eigenvalue weighted by molar-refractivity contribution is 5.99. The average Bonchev–Trinajstić information content (AvgIpc) is 2.48. The van der Waals surface area contributed by atoms with Crippen LogP contribution in [0.15, 0.2) is 18.3 Å². The van der Waals surface area contributed by atoms with E-state index in [0.717, 1.165) is 6.54 Å². The Morgan fingerprint density at radius 2 is 2.32 bits per heavy atom. The van der Waals surface area contributed by atoms with E-state index in [1.807, 2.05) is 26.1 Å². The zero-order valence-corrected chi connectivity index (χ0v) is 12.0. The molecule has 2 rings (SSSR count). The van der Waals surface area contributed by atoms with Crippen LogP contribution in [0.25, 0.3) is 0 Å². The van der Waals surface area contributed by atoms with Gasteiger partial charge in [-0.3, -0.25) is 4.79 Å². The molecule has 1 aliphatic heterocycles. The van der Waals surface area contributed by atoms with E-state index < -0.39 is 0 Å². The molecule has 2 unspecified atom stereocenters. The molecule has 2 atom stereocenters. The summed E-state index contributed by atoms with van der Waals surface area (Å²) < 4.78 is 0. The predicted octanol–water partition coefficient (Wildman–Crippen LogP) is 1.46. The molecular weight excluding hydrogens is 242 g/mol. The molecule has 19 heavy (non-hydrogen) atoms. The normalized spacial score (nSPS) is 21.7. The fraction of sp³-hybridized carbons (Fsp3) is 0.571. The highest BCUT2D eigenvalue weighted by atomic mass is 16.7. The van der Waals surface area contributed by atoms with Gasteiger partial charge in [0, 0.05) is 25.2 Å². The van der Waals surface area contributed by atoms with E-state index in [9.17, 15) is 4.79 Å². The second kappa shape index (κ2) is 5.67. The van der Waals surface area contributed by atoms with Crippen LogP contribution < -0.4 is 4.84 Å². The molecule has 0 amide bonds. The summed E-state index contributed by atoms with van der Waals surface area (Å²) in [4.78, 5) is 24.4. The predicted molar refractivity (Wildman–Crippen MR) is 73.1 cm³/mol. The van der Waals surface area contributed by atoms with Gasteiger partial charge in [-0.1, -0.05) is 6.92 Å². The van der Waals surface area contributed by atoms with Crippen molar-refractivity contribution in [2.24, 2.45) is 5.92 Å². The molecule has 0 N–H and O–H groups in total. The van der Waals surface area contributed by atoms with Gasteiger partial charge in [-0.05, 0) is 33.2 Å². The van der Waals surface area contributed by atoms with Gasteiger partial charge in [0.25, 0.3) is 0 Å². The van der Waals surface area contributed by atoms with E-state index in [1.165, 1.54) is 0 Å². The molecule has 0 spiro atoms. The van der Waals surface area contributed by atoms with Crippen molar-refractivity contribution in [3.63, 3.8) is 0 Å². The van der Waals surface area contributed by atoms with E-state index in [0.29, 0.717) is 18.0 Å². The minimum atomic E-state index is -0.0879. The number of pyridine rings is 1. The van der Waals surface area contributed by atoms with Crippen LogP contribution in [0.4, 0.5) is 0 Å². The van der Waals surface area contributed by atoms with Crippen LogP contribution in [0.5, 0.6) is 5.88 Å². The maximum Gasteiger partial charge on any atom is 0.248 e. The smallest absolute Gasteiger partial charge is 0.248 e. The lowest BCUT2D eigenvalue weighted by Gasteiger charge is -2.29. The van der Waals surface area contributed by atoms with E-state index >= 15 is 0 Å². The third-order valence-corrected chi connectivity index (χ3v) is 3.26. The topological polar surface area (TPSA) is 45.7 Å². The van der Waals surface area contributed by atoms with Gasteiger partial charge in [-0.25, -0.2) is 4.98 Å². The summed E-state index contributed by atoms with van der Waals surface area (Å²) in [6.45, 7) is 5.47. The molecule has 1 aromatic rings. The van der Waals surface area contributed by atoms with Crippen LogP contribution in [-0.2, 0) is 0 Å². The Balaban J connectivity index is 2.25. The number of hydroxylamine groups is 2. The van der Waals surface area contributed by atoms with Crippen molar-refractivity contribution < 1.29 is 9.63 Å². The highest BCUT2D eigenvalue weighted by Gasteiger charge is 2.30. The molecule has 104 valence electrons. The van der Waals surface area contributed by atoms with E-state index in [-0.39, 0.29) is 17.7 Å². The van der Waals surface area contributed by atoms with Crippen LogP contribution >= 0.6 is 0 Å². The Hall–Kier alpha value is -1.46. The van der Waals surface area contributed by atoms with Crippen molar-refractivity contribution in [2.75, 3.05) is 27.2 Å². The van der Waals surface area contributed by atoms with Gasteiger partial charge in [0.1, 0.15) is 0 Å². The molecule has 0 bridgehead atoms. The van der Waals surface area contributed by atoms with Crippen molar-refractivity contribution in [3.8, 4) is 5.88 Å². The van der Waals surface area contributed by atoms with E-state index in [1.54, 1.807) is 18.3 Å². The molecule has 1 aromatic heterocycles. The summed E-state index contributed by atoms with van der Waals surface area (Å²) in [5.41, 5.74) is 0.578. The van der Waals surface area contributed by atoms with Crippen molar-refractivity contribution in [1.29, 1.82) is 0 Å². The van der Waals surface area contributed by atoms with Crippen LogP contribution in [-0.4, -0.2) is 54.0 Å². The first-order valence-corrected chi connectivity index (χ1v) is 6.57. The SMILES string of the molecule is CC1CN(C(C)CN(C)C)Oc2ncccc2C1=O. The van der Waals surface area contributed by atoms with Crippen molar-refractivity contribution in [2.45, 2.75) is 19.9 Å². The average molecular weight is 263 g/mol. The van der Waals surface area contributed by atoms with Crippen LogP contribution in [0.2, 0.25) is 0 Å². The Kier molecular flexibility index (Phi) is 4.17. The molecule has 0 saturated carbocycles. The number of Topliss-reactive ketones (excluding diaryl/α,β-unsaturated/α-hetero) is 1. The fourth-order valence-corrected chi connectivity index (χ4v) is 2.31. The molecule has 2 heterocycles. The molecule has 0 radical (unpaired) electrons. The first-order chi connectivity index (χ1) is 8.99. The van der Waals surface area contributed by atoms with E-state index in [4.69, 9.17) is 4.84 Å². The largest absolute Gasteiger partial charge is 0.385 e. The molecule has 1 aliphatic rings. The number of likely N-dealkylation sites (N-methyl/N-ethyl adjacent to an activating group) is 1. The third kappa shape index (κ3) is 3.11. The van der Waals surface area contributed by atoms with Gasteiger partial charge in [0.15, 0.2) is 5.78 Å².